The van der Waals surface area contributed by atoms with E-state index in [1.54, 1.807) is 0 Å². The molecule has 0 heterocycles. The maximum absolute atomic E-state index is 7.94. The Balaban J connectivity index is -0.00000000114. The summed E-state index contributed by atoms with van der Waals surface area (Å²) in [4.78, 5) is 0. The Hall–Kier alpha value is 1.57. The molecule has 0 aliphatic carbocycles. The second kappa shape index (κ2) is 285. The predicted molar refractivity (Wildman–Crippen MR) is 3.43 cm³/mol. The summed E-state index contributed by atoms with van der Waals surface area (Å²) in [6, 6.07) is 0. The number of hydrogen-bond acceptors (Lipinski definition) is 2. The van der Waals surface area contributed by atoms with Crippen molar-refractivity contribution < 1.29 is 90.5 Å². The molecule has 0 fully saturated rings. The zero-order chi connectivity index (χ0) is 4.00. The third-order valence-electron chi connectivity index (χ3n) is 0. The van der Waals surface area contributed by atoms with Crippen molar-refractivity contribution >= 4 is 0 Å². The average molecular weight is 306 g/mol. The van der Waals surface area contributed by atoms with Gasteiger partial charge in [-0.2, -0.15) is 0 Å². The van der Waals surface area contributed by atoms with Crippen LogP contribution in [0.5, 0.6) is 0 Å². The number of rotatable bonds is 0. The third-order valence-corrected chi connectivity index (χ3v) is 0. The van der Waals surface area contributed by atoms with Gasteiger partial charge in [-0.25, -0.2) is 0 Å². The first-order valence-electron chi connectivity index (χ1n) is 0.259. The van der Waals surface area contributed by atoms with Gasteiger partial charge in [-0.3, -0.25) is 0 Å². The van der Waals surface area contributed by atoms with Gasteiger partial charge in [0.05, 0.1) is 0 Å². The molecule has 62 valence electrons. The summed E-state index contributed by atoms with van der Waals surface area (Å²) >= 11 is 5.25. The van der Waals surface area contributed by atoms with Gasteiger partial charge in [-0.05, 0) is 0 Å². The Morgan fingerprint density at radius 3 is 0.778 bits per heavy atom. The fourth-order valence-corrected chi connectivity index (χ4v) is 0. The molecule has 9 heteroatoms. The minimum atomic E-state index is 0. The van der Waals surface area contributed by atoms with E-state index in [1.807, 2.05) is 0 Å². The van der Waals surface area contributed by atoms with Gasteiger partial charge in [0.15, 0.2) is 0 Å². The van der Waals surface area contributed by atoms with Crippen molar-refractivity contribution in [3.63, 3.8) is 0 Å². The fourth-order valence-electron chi connectivity index (χ4n) is 0. The average Bonchev–Trinajstić information content (AvgIpc) is 1.50. The zero-order valence-corrected chi connectivity index (χ0v) is 8.03. The van der Waals surface area contributed by atoms with Gasteiger partial charge in [0.25, 0.3) is 0 Å². The van der Waals surface area contributed by atoms with Crippen LogP contribution in [0, 0.1) is 0 Å². The van der Waals surface area contributed by atoms with Crippen molar-refractivity contribution in [3.05, 3.63) is 0 Å². The van der Waals surface area contributed by atoms with E-state index in [4.69, 9.17) is 7.70 Å². The van der Waals surface area contributed by atoms with Crippen molar-refractivity contribution in [2.75, 3.05) is 0 Å². The van der Waals surface area contributed by atoms with Crippen LogP contribution in [0.15, 0.2) is 0 Å². The van der Waals surface area contributed by atoms with Crippen LogP contribution in [0.2, 0.25) is 0 Å². The third kappa shape index (κ3) is 222. The van der Waals surface area contributed by atoms with Crippen LogP contribution in [-0.2, 0) is 90.5 Å². The summed E-state index contributed by atoms with van der Waals surface area (Å²) in [6.45, 7) is 0. The molecule has 0 atom stereocenters. The van der Waals surface area contributed by atoms with Gasteiger partial charge >= 0.3 is 74.0 Å². The molecule has 5 nitrogen and oxygen atoms in total. The Labute approximate surface area is 89.9 Å². The van der Waals surface area contributed by atoms with Crippen LogP contribution < -0.4 is 0 Å². The summed E-state index contributed by atoms with van der Waals surface area (Å²) in [5.41, 5.74) is 0. The SMILES string of the molecule is [Cr+3].[Cr+3].[O-2].[O-2].[O-2].[O]=[Co].[O]=[Cu]. The van der Waals surface area contributed by atoms with E-state index in [9.17, 15) is 0 Å². The van der Waals surface area contributed by atoms with Crippen LogP contribution in [-0.4, -0.2) is 0 Å². The molecule has 0 saturated carbocycles. The molecule has 0 N–H and O–H groups in total. The standard InChI is InChI=1S/Co.2Cr.Cu.5O/q;2*+3;;;;3*-2. The van der Waals surface area contributed by atoms with E-state index < -0.39 is 0 Å². The van der Waals surface area contributed by atoms with E-state index in [0.29, 0.717) is 0 Å². The van der Waals surface area contributed by atoms with E-state index in [-0.39, 0.29) is 51.2 Å². The predicted octanol–water partition coefficient (Wildman–Crippen LogP) is -0.604. The van der Waals surface area contributed by atoms with Crippen LogP contribution in [0.25, 0.3) is 0 Å². The second-order valence-electron chi connectivity index (χ2n) is 0. The van der Waals surface area contributed by atoms with E-state index in [2.05, 4.69) is 31.6 Å². The van der Waals surface area contributed by atoms with E-state index in [0.717, 1.165) is 0 Å². The zero-order valence-electron chi connectivity index (χ0n) is 3.49. The molecule has 0 unspecified atom stereocenters. The van der Waals surface area contributed by atoms with Crippen molar-refractivity contribution in [3.8, 4) is 0 Å². The fraction of sp³-hybridized carbons (Fsp3) is 0. The van der Waals surface area contributed by atoms with Crippen molar-refractivity contribution in [1.82, 2.24) is 0 Å². The summed E-state index contributed by atoms with van der Waals surface area (Å²) < 4.78 is 15.8. The summed E-state index contributed by atoms with van der Waals surface area (Å²) in [6.07, 6.45) is 0. The Bertz CT molecular complexity index is 16.9. The molecule has 0 aliphatic heterocycles. The molecule has 0 bridgehead atoms. The first-order valence-corrected chi connectivity index (χ1v) is 1.07. The summed E-state index contributed by atoms with van der Waals surface area (Å²) in [7, 11) is 0. The normalized spacial score (nSPS) is 1.22. The minimum absolute atomic E-state index is 0. The Morgan fingerprint density at radius 2 is 0.778 bits per heavy atom. The molecule has 0 aromatic rings. The molecule has 0 amide bonds. The summed E-state index contributed by atoms with van der Waals surface area (Å²) in [5.74, 6) is 0. The first kappa shape index (κ1) is 75.9. The molecule has 0 aliphatic rings. The van der Waals surface area contributed by atoms with Gasteiger partial charge in [-0.1, -0.05) is 0 Å². The van der Waals surface area contributed by atoms with Gasteiger partial charge in [0.2, 0.25) is 0 Å². The molecule has 0 saturated heterocycles. The van der Waals surface area contributed by atoms with Crippen LogP contribution in [0.1, 0.15) is 0 Å². The van der Waals surface area contributed by atoms with Crippen LogP contribution in [0.3, 0.4) is 0 Å². The van der Waals surface area contributed by atoms with Crippen molar-refractivity contribution in [2.24, 2.45) is 0 Å². The number of hydrogen-bond donors (Lipinski definition) is 0. The quantitative estimate of drug-likeness (QED) is 0.555. The maximum atomic E-state index is 7.94. The van der Waals surface area contributed by atoms with E-state index >= 15 is 0 Å². The van der Waals surface area contributed by atoms with Gasteiger partial charge in [-0.15, -0.1) is 0 Å². The van der Waals surface area contributed by atoms with Gasteiger partial charge in [0, 0.05) is 0 Å². The molecular weight excluding hydrogens is 306 g/mol. The van der Waals surface area contributed by atoms with Gasteiger partial charge < -0.3 is 16.4 Å². The molecule has 0 rings (SSSR count). The van der Waals surface area contributed by atoms with Crippen LogP contribution >= 0.6 is 0 Å². The monoisotopic (exact) mass is 306 g/mol. The van der Waals surface area contributed by atoms with Gasteiger partial charge in [0.1, 0.15) is 0 Å². The molecule has 0 aromatic carbocycles. The summed E-state index contributed by atoms with van der Waals surface area (Å²) in [5, 5.41) is 0. The molecule has 0 spiro atoms. The van der Waals surface area contributed by atoms with Crippen molar-refractivity contribution in [2.45, 2.75) is 0 Å². The first-order chi connectivity index (χ1) is 2.00. The molecule has 0 aromatic heterocycles. The second-order valence-corrected chi connectivity index (χ2v) is 0. The Kier molecular flexibility index (Phi) is 2400. The van der Waals surface area contributed by atoms with E-state index in [1.165, 1.54) is 0 Å². The van der Waals surface area contributed by atoms with Crippen LogP contribution in [0.4, 0.5) is 0 Å². The topological polar surface area (TPSA) is 120 Å². The molecule has 2 radical (unpaired) electrons. The molecule has 9 heavy (non-hydrogen) atoms. The molecular formula is CoCr2CuO5. The Morgan fingerprint density at radius 1 is 0.778 bits per heavy atom. The van der Waals surface area contributed by atoms with Crippen molar-refractivity contribution in [1.29, 1.82) is 0 Å².